The van der Waals surface area contributed by atoms with Crippen molar-refractivity contribution >= 4 is 16.6 Å². The number of fused-ring (bicyclic) bond motifs is 2. The van der Waals surface area contributed by atoms with Crippen molar-refractivity contribution in [2.24, 2.45) is 7.05 Å². The lowest BCUT2D eigenvalue weighted by molar-refractivity contribution is 0.270. The fourth-order valence-electron chi connectivity index (χ4n) is 4.50. The van der Waals surface area contributed by atoms with Crippen LogP contribution in [0.3, 0.4) is 0 Å². The molecule has 0 radical (unpaired) electrons. The van der Waals surface area contributed by atoms with Crippen molar-refractivity contribution in [1.29, 1.82) is 0 Å². The van der Waals surface area contributed by atoms with Crippen molar-refractivity contribution in [3.63, 3.8) is 0 Å². The van der Waals surface area contributed by atoms with Crippen LogP contribution in [-0.2, 0) is 19.9 Å². The summed E-state index contributed by atoms with van der Waals surface area (Å²) in [7, 11) is 1.68. The van der Waals surface area contributed by atoms with E-state index in [-0.39, 0.29) is 5.56 Å². The number of nitrogens with one attached hydrogen (secondary N) is 1. The molecule has 0 atom stereocenters. The number of hydrogen-bond donors (Lipinski definition) is 1. The van der Waals surface area contributed by atoms with Gasteiger partial charge in [-0.1, -0.05) is 18.2 Å². The molecule has 1 N–H and O–H groups in total. The van der Waals surface area contributed by atoms with Gasteiger partial charge in [-0.25, -0.2) is 0 Å². The number of hydrogen-bond acceptors (Lipinski definition) is 6. The van der Waals surface area contributed by atoms with Crippen LogP contribution in [0.2, 0.25) is 0 Å². The van der Waals surface area contributed by atoms with E-state index in [2.05, 4.69) is 39.6 Å². The van der Waals surface area contributed by atoms with Crippen LogP contribution in [0.25, 0.3) is 22.2 Å². The summed E-state index contributed by atoms with van der Waals surface area (Å²) >= 11 is 0. The van der Waals surface area contributed by atoms with Crippen LogP contribution >= 0.6 is 0 Å². The first kappa shape index (κ1) is 22.1. The van der Waals surface area contributed by atoms with Crippen molar-refractivity contribution < 1.29 is 4.74 Å². The third-order valence-corrected chi connectivity index (χ3v) is 6.34. The molecular weight excluding hydrogens is 426 g/mol. The second kappa shape index (κ2) is 10.0. The Labute approximate surface area is 198 Å². The van der Waals surface area contributed by atoms with Gasteiger partial charge in [0.25, 0.3) is 11.6 Å². The van der Waals surface area contributed by atoms with Crippen LogP contribution < -0.4 is 15.6 Å². The zero-order chi connectivity index (χ0) is 23.3. The van der Waals surface area contributed by atoms with Gasteiger partial charge in [-0.05, 0) is 62.3 Å². The maximum absolute atomic E-state index is 12.4. The van der Waals surface area contributed by atoms with E-state index in [1.807, 2.05) is 12.1 Å². The molecule has 0 bridgehead atoms. The Balaban J connectivity index is 1.21. The summed E-state index contributed by atoms with van der Waals surface area (Å²) in [5.41, 5.74) is 6.23. The summed E-state index contributed by atoms with van der Waals surface area (Å²) in [6.07, 6.45) is 9.76. The topological polar surface area (TPSA) is 81.9 Å². The molecular formula is C27H29N5O2. The Bertz CT molecular complexity index is 1350. The molecule has 174 valence electrons. The lowest BCUT2D eigenvalue weighted by Crippen LogP contribution is -2.20. The minimum atomic E-state index is -0.146. The molecule has 4 aromatic rings. The molecule has 0 saturated heterocycles. The number of aryl methyl sites for hydroxylation is 1. The van der Waals surface area contributed by atoms with Crippen molar-refractivity contribution in [3.8, 4) is 17.3 Å². The zero-order valence-electron chi connectivity index (χ0n) is 19.5. The number of para-hydroxylation sites is 1. The highest BCUT2D eigenvalue weighted by molar-refractivity contribution is 5.93. The molecule has 1 aromatic carbocycles. The second-order valence-corrected chi connectivity index (χ2v) is 8.68. The number of pyridine rings is 2. The van der Waals surface area contributed by atoms with Gasteiger partial charge in [-0.2, -0.15) is 4.98 Å². The van der Waals surface area contributed by atoms with Crippen molar-refractivity contribution in [2.45, 2.75) is 38.5 Å². The van der Waals surface area contributed by atoms with Crippen LogP contribution in [0, 0.1) is 0 Å². The third-order valence-electron chi connectivity index (χ3n) is 6.34. The highest BCUT2D eigenvalue weighted by Gasteiger charge is 2.17. The summed E-state index contributed by atoms with van der Waals surface area (Å²) < 4.78 is 7.33. The summed E-state index contributed by atoms with van der Waals surface area (Å²) in [4.78, 5) is 25.8. The van der Waals surface area contributed by atoms with Gasteiger partial charge in [0.15, 0.2) is 0 Å². The Morgan fingerprint density at radius 3 is 2.74 bits per heavy atom. The van der Waals surface area contributed by atoms with E-state index >= 15 is 0 Å². The number of aromatic nitrogens is 4. The molecule has 7 heteroatoms. The number of benzene rings is 1. The SMILES string of the molecule is Cn1c(OCCCCNc2c3c(nc4ccccc24)CCCC3)nc(-c2ccncc2)cc1=O. The van der Waals surface area contributed by atoms with E-state index < -0.39 is 0 Å². The van der Waals surface area contributed by atoms with Gasteiger partial charge < -0.3 is 10.1 Å². The summed E-state index contributed by atoms with van der Waals surface area (Å²) in [5.74, 6) is 0. The van der Waals surface area contributed by atoms with E-state index in [4.69, 9.17) is 9.72 Å². The maximum atomic E-state index is 12.4. The molecule has 0 spiro atoms. The molecule has 0 fully saturated rings. The van der Waals surface area contributed by atoms with Crippen molar-refractivity contribution in [2.75, 3.05) is 18.5 Å². The van der Waals surface area contributed by atoms with E-state index in [0.29, 0.717) is 18.3 Å². The van der Waals surface area contributed by atoms with Crippen LogP contribution in [0.5, 0.6) is 6.01 Å². The first-order chi connectivity index (χ1) is 16.7. The van der Waals surface area contributed by atoms with Crippen LogP contribution in [0.4, 0.5) is 5.69 Å². The largest absolute Gasteiger partial charge is 0.465 e. The monoisotopic (exact) mass is 455 g/mol. The molecule has 1 aliphatic carbocycles. The molecule has 0 unspecified atom stereocenters. The predicted molar refractivity (Wildman–Crippen MR) is 134 cm³/mol. The molecule has 1 aliphatic rings. The molecule has 3 heterocycles. The predicted octanol–water partition coefficient (Wildman–Crippen LogP) is 4.54. The van der Waals surface area contributed by atoms with Gasteiger partial charge >= 0.3 is 0 Å². The molecule has 0 aliphatic heterocycles. The minimum absolute atomic E-state index is 0.146. The Kier molecular flexibility index (Phi) is 6.51. The van der Waals surface area contributed by atoms with Gasteiger partial charge in [-0.3, -0.25) is 19.3 Å². The fraction of sp³-hybridized carbons (Fsp3) is 0.333. The number of unbranched alkanes of at least 4 members (excludes halogenated alkanes) is 1. The molecule has 0 saturated carbocycles. The van der Waals surface area contributed by atoms with Crippen LogP contribution in [-0.4, -0.2) is 32.7 Å². The average molecular weight is 456 g/mol. The van der Waals surface area contributed by atoms with Crippen molar-refractivity contribution in [3.05, 3.63) is 76.5 Å². The highest BCUT2D eigenvalue weighted by Crippen LogP contribution is 2.33. The molecule has 5 rings (SSSR count). The Morgan fingerprint density at radius 1 is 1.03 bits per heavy atom. The first-order valence-electron chi connectivity index (χ1n) is 12.0. The van der Waals surface area contributed by atoms with Gasteiger partial charge in [0.1, 0.15) is 0 Å². The van der Waals surface area contributed by atoms with Gasteiger partial charge in [0.05, 0.1) is 17.8 Å². The van der Waals surface area contributed by atoms with Crippen LogP contribution in [0.1, 0.15) is 36.9 Å². The third kappa shape index (κ3) is 4.64. The summed E-state index contributed by atoms with van der Waals surface area (Å²) in [6.45, 7) is 1.35. The van der Waals surface area contributed by atoms with Gasteiger partial charge in [0.2, 0.25) is 0 Å². The van der Waals surface area contributed by atoms with Crippen LogP contribution in [0.15, 0.2) is 59.7 Å². The molecule has 0 amide bonds. The zero-order valence-corrected chi connectivity index (χ0v) is 19.5. The smallest absolute Gasteiger partial charge is 0.299 e. The van der Waals surface area contributed by atoms with Gasteiger partial charge in [-0.15, -0.1) is 0 Å². The average Bonchev–Trinajstić information content (AvgIpc) is 2.88. The van der Waals surface area contributed by atoms with Gasteiger partial charge in [0, 0.05) is 54.4 Å². The van der Waals surface area contributed by atoms with E-state index in [0.717, 1.165) is 43.3 Å². The lowest BCUT2D eigenvalue weighted by Gasteiger charge is -2.21. The van der Waals surface area contributed by atoms with E-state index in [1.165, 1.54) is 45.8 Å². The number of rotatable bonds is 8. The lowest BCUT2D eigenvalue weighted by atomic mass is 9.92. The molecule has 7 nitrogen and oxygen atoms in total. The Hall–Kier alpha value is -3.74. The number of ether oxygens (including phenoxy) is 1. The van der Waals surface area contributed by atoms with E-state index in [1.54, 1.807) is 19.4 Å². The normalized spacial score (nSPS) is 13.0. The standard InChI is InChI=1S/C27H29N5O2/c1-32-25(33)18-24(19-12-15-28-16-13-19)31-27(32)34-17-7-6-14-29-26-20-8-2-4-10-22(20)30-23-11-5-3-9-21(23)26/h2,4,8,10,12-13,15-16,18H,3,5-7,9,11,14,17H2,1H3,(H,29,30). The highest BCUT2D eigenvalue weighted by atomic mass is 16.5. The quantitative estimate of drug-likeness (QED) is 0.393. The summed E-state index contributed by atoms with van der Waals surface area (Å²) in [5, 5.41) is 4.89. The Morgan fingerprint density at radius 2 is 1.85 bits per heavy atom. The van der Waals surface area contributed by atoms with Crippen molar-refractivity contribution in [1.82, 2.24) is 19.5 Å². The maximum Gasteiger partial charge on any atom is 0.299 e. The molecule has 34 heavy (non-hydrogen) atoms. The fourth-order valence-corrected chi connectivity index (χ4v) is 4.50. The minimum Gasteiger partial charge on any atom is -0.465 e. The molecule has 3 aromatic heterocycles. The first-order valence-corrected chi connectivity index (χ1v) is 12.0. The number of nitrogens with zero attached hydrogens (tertiary/aromatic N) is 4. The second-order valence-electron chi connectivity index (χ2n) is 8.68. The van der Waals surface area contributed by atoms with E-state index in [9.17, 15) is 4.79 Å². The summed E-state index contributed by atoms with van der Waals surface area (Å²) in [6, 6.07) is 13.9. The number of anilines is 1.